The fourth-order valence-electron chi connectivity index (χ4n) is 7.65. The number of hydrogen-bond donors (Lipinski definition) is 5. The van der Waals surface area contributed by atoms with Gasteiger partial charge in [0, 0.05) is 56.7 Å². The third-order valence-corrected chi connectivity index (χ3v) is 10.7. The third-order valence-electron chi connectivity index (χ3n) is 10.7. The molecule has 2 aromatic carbocycles. The number of pyridine rings is 1. The molecular formula is C40H45N11O3. The number of hydrogen-bond acceptors (Lipinski definition) is 10. The van der Waals surface area contributed by atoms with Crippen LogP contribution in [0.5, 0.6) is 0 Å². The molecule has 0 bridgehead atoms. The van der Waals surface area contributed by atoms with Crippen molar-refractivity contribution >= 4 is 29.0 Å². The lowest BCUT2D eigenvalue weighted by Gasteiger charge is -2.22. The van der Waals surface area contributed by atoms with Gasteiger partial charge in [0.15, 0.2) is 17.0 Å². The van der Waals surface area contributed by atoms with Gasteiger partial charge in [-0.2, -0.15) is 15.1 Å². The predicted molar refractivity (Wildman–Crippen MR) is 205 cm³/mol. The van der Waals surface area contributed by atoms with Gasteiger partial charge >= 0.3 is 6.03 Å². The summed E-state index contributed by atoms with van der Waals surface area (Å²) < 4.78 is 3.63. The van der Waals surface area contributed by atoms with Crippen molar-refractivity contribution in [2.45, 2.75) is 69.0 Å². The van der Waals surface area contributed by atoms with E-state index >= 15 is 0 Å². The fraction of sp³-hybridized carbons (Fsp3) is 0.350. The Morgan fingerprint density at radius 3 is 2.35 bits per heavy atom. The number of fused-ring (bicyclic) bond motifs is 1. The highest BCUT2D eigenvalue weighted by molar-refractivity contribution is 5.84. The molecule has 1 saturated carbocycles. The second-order valence-electron chi connectivity index (χ2n) is 14.1. The molecule has 6 aromatic rings. The zero-order valence-electron chi connectivity index (χ0n) is 30.1. The minimum Gasteiger partial charge on any atom is -0.388 e. The van der Waals surface area contributed by atoms with Crippen molar-refractivity contribution in [1.29, 1.82) is 0 Å². The predicted octanol–water partition coefficient (Wildman–Crippen LogP) is 4.21. The number of aromatic nitrogens is 7. The SMILES string of the molecule is CCc1cnn([C@H]2C[C@@H](n3cnc4c(NCC(c5ccccc5)c5ccccc5)nc(N5CC[C@H](NC(=O)NCc6ccncc6)C5)nc43)[C@H](O)[C@@H]2O)c1. The third kappa shape index (κ3) is 7.34. The summed E-state index contributed by atoms with van der Waals surface area (Å²) in [5.74, 6) is 1.10. The van der Waals surface area contributed by atoms with Gasteiger partial charge < -0.3 is 35.6 Å². The molecule has 0 spiro atoms. The van der Waals surface area contributed by atoms with Crippen LogP contribution in [-0.2, 0) is 13.0 Å². The summed E-state index contributed by atoms with van der Waals surface area (Å²) in [6.45, 7) is 4.16. The lowest BCUT2D eigenvalue weighted by molar-refractivity contribution is 0.00721. The molecule has 8 rings (SSSR count). The van der Waals surface area contributed by atoms with Crippen molar-refractivity contribution in [2.75, 3.05) is 29.9 Å². The smallest absolute Gasteiger partial charge is 0.315 e. The molecule has 14 nitrogen and oxygen atoms in total. The Hall–Kier alpha value is -5.86. The minimum atomic E-state index is -1.07. The Kier molecular flexibility index (Phi) is 10.2. The Morgan fingerprint density at radius 1 is 0.926 bits per heavy atom. The highest BCUT2D eigenvalue weighted by Crippen LogP contribution is 2.40. The molecule has 1 saturated heterocycles. The first kappa shape index (κ1) is 35.2. The van der Waals surface area contributed by atoms with E-state index in [4.69, 9.17) is 15.0 Å². The van der Waals surface area contributed by atoms with Gasteiger partial charge in [0.05, 0.1) is 24.6 Å². The number of urea groups is 1. The van der Waals surface area contributed by atoms with Crippen molar-refractivity contribution in [3.8, 4) is 0 Å². The molecule has 5 atom stereocenters. The van der Waals surface area contributed by atoms with E-state index in [-0.39, 0.29) is 18.0 Å². The first-order chi connectivity index (χ1) is 26.4. The number of carbonyl (C=O) groups excluding carboxylic acids is 1. The van der Waals surface area contributed by atoms with Crippen molar-refractivity contribution in [3.63, 3.8) is 0 Å². The van der Waals surface area contributed by atoms with Crippen LogP contribution in [0.4, 0.5) is 16.6 Å². The number of carbonyl (C=O) groups is 1. The number of amides is 2. The number of aliphatic hydroxyl groups excluding tert-OH is 2. The lowest BCUT2D eigenvalue weighted by Crippen LogP contribution is -2.43. The molecular weight excluding hydrogens is 683 g/mol. The van der Waals surface area contributed by atoms with E-state index in [1.54, 1.807) is 29.6 Å². The molecule has 278 valence electrons. The highest BCUT2D eigenvalue weighted by Gasteiger charge is 2.44. The Labute approximate surface area is 313 Å². The van der Waals surface area contributed by atoms with Crippen LogP contribution >= 0.6 is 0 Å². The number of nitrogens with one attached hydrogen (secondary N) is 3. The van der Waals surface area contributed by atoms with E-state index in [1.165, 1.54) is 11.1 Å². The molecule has 2 amide bonds. The summed E-state index contributed by atoms with van der Waals surface area (Å²) in [5.41, 5.74) is 5.49. The zero-order valence-corrected chi connectivity index (χ0v) is 30.1. The fourth-order valence-corrected chi connectivity index (χ4v) is 7.65. The Morgan fingerprint density at radius 2 is 1.65 bits per heavy atom. The summed E-state index contributed by atoms with van der Waals surface area (Å²) in [6, 6.07) is 23.2. The summed E-state index contributed by atoms with van der Waals surface area (Å²) in [7, 11) is 0. The number of imidazole rings is 1. The second-order valence-corrected chi connectivity index (χ2v) is 14.1. The molecule has 5 heterocycles. The van der Waals surface area contributed by atoms with Gasteiger partial charge in [-0.1, -0.05) is 67.6 Å². The van der Waals surface area contributed by atoms with Gasteiger partial charge in [0.25, 0.3) is 0 Å². The van der Waals surface area contributed by atoms with E-state index in [0.29, 0.717) is 55.5 Å². The average molecular weight is 728 g/mol. The molecule has 14 heteroatoms. The van der Waals surface area contributed by atoms with E-state index in [9.17, 15) is 15.0 Å². The van der Waals surface area contributed by atoms with Crippen molar-refractivity contribution in [2.24, 2.45) is 0 Å². The molecule has 54 heavy (non-hydrogen) atoms. The number of aryl methyl sites for hydroxylation is 1. The van der Waals surface area contributed by atoms with Gasteiger partial charge in [0.2, 0.25) is 5.95 Å². The number of nitrogens with zero attached hydrogens (tertiary/aromatic N) is 8. The van der Waals surface area contributed by atoms with Gasteiger partial charge in [-0.15, -0.1) is 0 Å². The van der Waals surface area contributed by atoms with Crippen LogP contribution in [0.2, 0.25) is 0 Å². The Bertz CT molecular complexity index is 2120. The van der Waals surface area contributed by atoms with Crippen molar-refractivity contribution in [3.05, 3.63) is 126 Å². The van der Waals surface area contributed by atoms with Crippen LogP contribution in [0.25, 0.3) is 11.2 Å². The van der Waals surface area contributed by atoms with E-state index in [1.807, 2.05) is 59.3 Å². The maximum atomic E-state index is 12.8. The monoisotopic (exact) mass is 727 g/mol. The molecule has 0 unspecified atom stereocenters. The lowest BCUT2D eigenvalue weighted by atomic mass is 9.91. The maximum absolute atomic E-state index is 12.8. The van der Waals surface area contributed by atoms with Gasteiger partial charge in [-0.25, -0.2) is 9.78 Å². The van der Waals surface area contributed by atoms with Crippen LogP contribution in [0, 0.1) is 0 Å². The minimum absolute atomic E-state index is 0.0311. The van der Waals surface area contributed by atoms with E-state index in [0.717, 1.165) is 24.0 Å². The first-order valence-corrected chi connectivity index (χ1v) is 18.6. The topological polar surface area (TPSA) is 171 Å². The van der Waals surface area contributed by atoms with Crippen molar-refractivity contribution < 1.29 is 15.0 Å². The standard InChI is InChI=1S/C40H45N11O3/c1-2-26-21-45-51(23-26)33-19-32(35(52)36(33)53)50-25-44-34-37(42-22-31(28-9-5-3-6-10-28)29-11-7-4-8-12-29)47-39(48-38(34)50)49-18-15-30(24-49)46-40(54)43-20-27-13-16-41-17-14-27/h3-14,16-17,21,23,25,30-33,35-36,52-53H,2,15,18-20,22,24H2,1H3,(H,42,47,48)(H2,43,46,54)/t30-,32+,33-,35-,36+/m0/s1. The molecule has 0 radical (unpaired) electrons. The zero-order chi connectivity index (χ0) is 37.0. The summed E-state index contributed by atoms with van der Waals surface area (Å²) in [5, 5.41) is 36.8. The average Bonchev–Trinajstić information content (AvgIpc) is 4.03. The van der Waals surface area contributed by atoms with E-state index in [2.05, 4.69) is 62.1 Å². The summed E-state index contributed by atoms with van der Waals surface area (Å²) in [4.78, 5) is 33.8. The molecule has 2 aliphatic rings. The maximum Gasteiger partial charge on any atom is 0.315 e. The highest BCUT2D eigenvalue weighted by atomic mass is 16.3. The van der Waals surface area contributed by atoms with Crippen LogP contribution in [0.3, 0.4) is 0 Å². The summed E-state index contributed by atoms with van der Waals surface area (Å²) in [6.07, 6.45) is 8.72. The van der Waals surface area contributed by atoms with Crippen molar-refractivity contribution in [1.82, 2.24) is 44.9 Å². The van der Waals surface area contributed by atoms with Gasteiger partial charge in [-0.05, 0) is 53.6 Å². The van der Waals surface area contributed by atoms with E-state index < -0.39 is 24.3 Å². The van der Waals surface area contributed by atoms with Gasteiger partial charge in [0.1, 0.15) is 12.2 Å². The number of aliphatic hydroxyl groups is 2. The number of anilines is 2. The van der Waals surface area contributed by atoms with Crippen LogP contribution in [0.1, 0.15) is 60.0 Å². The first-order valence-electron chi connectivity index (χ1n) is 18.6. The van der Waals surface area contributed by atoms with Crippen LogP contribution < -0.4 is 20.9 Å². The number of rotatable bonds is 12. The molecule has 2 fully saturated rings. The van der Waals surface area contributed by atoms with Gasteiger partial charge in [-0.3, -0.25) is 9.67 Å². The molecule has 5 N–H and O–H groups in total. The van der Waals surface area contributed by atoms with Crippen LogP contribution in [0.15, 0.2) is 104 Å². The molecule has 4 aromatic heterocycles. The quantitative estimate of drug-likeness (QED) is 0.123. The largest absolute Gasteiger partial charge is 0.388 e. The van der Waals surface area contributed by atoms with Crippen LogP contribution in [-0.4, -0.2) is 88.4 Å². The normalized spacial score (nSPS) is 21.2. The second kappa shape index (κ2) is 15.6. The molecule has 1 aliphatic heterocycles. The Balaban J connectivity index is 1.08. The molecule has 1 aliphatic carbocycles. The summed E-state index contributed by atoms with van der Waals surface area (Å²) >= 11 is 0. The number of benzene rings is 2.